The van der Waals surface area contributed by atoms with Crippen LogP contribution in [0.2, 0.25) is 0 Å². The summed E-state index contributed by atoms with van der Waals surface area (Å²) in [5.41, 5.74) is 2.41. The van der Waals surface area contributed by atoms with E-state index in [1.165, 1.54) is 0 Å². The fourth-order valence-electron chi connectivity index (χ4n) is 3.43. The van der Waals surface area contributed by atoms with Crippen molar-refractivity contribution in [2.45, 2.75) is 25.2 Å². The molecule has 3 heterocycles. The molecule has 116 valence electrons. The molecule has 3 aliphatic rings. The van der Waals surface area contributed by atoms with E-state index in [0.29, 0.717) is 32.8 Å². The Labute approximate surface area is 128 Å². The molecule has 0 aliphatic carbocycles. The molecule has 0 radical (unpaired) electrons. The number of fused-ring (bicyclic) bond motifs is 1. The number of ether oxygens (including phenoxy) is 2. The zero-order valence-corrected chi connectivity index (χ0v) is 12.3. The van der Waals surface area contributed by atoms with E-state index in [1.54, 1.807) is 0 Å². The number of hydrogen-bond donors (Lipinski definition) is 1. The molecule has 1 spiro atoms. The lowest BCUT2D eigenvalue weighted by Gasteiger charge is -2.33. The molecule has 4 rings (SSSR count). The van der Waals surface area contributed by atoms with Crippen LogP contribution >= 0.6 is 0 Å². The zero-order valence-electron chi connectivity index (χ0n) is 12.3. The number of benzene rings is 1. The Morgan fingerprint density at radius 2 is 2.18 bits per heavy atom. The van der Waals surface area contributed by atoms with E-state index in [4.69, 9.17) is 9.47 Å². The molecule has 1 unspecified atom stereocenters. The van der Waals surface area contributed by atoms with Crippen LogP contribution in [0.1, 0.15) is 27.9 Å². The predicted molar refractivity (Wildman–Crippen MR) is 77.1 cm³/mol. The summed E-state index contributed by atoms with van der Waals surface area (Å²) in [5, 5.41) is 2.83. The van der Waals surface area contributed by atoms with Gasteiger partial charge in [0.05, 0.1) is 19.8 Å². The summed E-state index contributed by atoms with van der Waals surface area (Å²) in [4.78, 5) is 25.9. The molecule has 3 aliphatic heterocycles. The van der Waals surface area contributed by atoms with Gasteiger partial charge in [-0.1, -0.05) is 12.1 Å². The van der Waals surface area contributed by atoms with Gasteiger partial charge in [0.2, 0.25) is 5.91 Å². The maximum atomic E-state index is 12.8. The highest BCUT2D eigenvalue weighted by Gasteiger charge is 2.44. The number of rotatable bonds is 1. The molecule has 0 saturated carbocycles. The molecule has 1 aromatic rings. The lowest BCUT2D eigenvalue weighted by molar-refractivity contribution is -0.141. The minimum atomic E-state index is -0.419. The van der Waals surface area contributed by atoms with Crippen molar-refractivity contribution >= 4 is 11.8 Å². The summed E-state index contributed by atoms with van der Waals surface area (Å²) >= 11 is 0. The number of carbonyl (C=O) groups excluding carboxylic acids is 2. The molecule has 1 atom stereocenters. The molecule has 6 heteroatoms. The standard InChI is InChI=1S/C16H18N2O4/c19-14-8-22-16(9-17-14)4-5-18(10-16)15(20)12-3-1-2-11-6-21-7-13(11)12/h1-3H,4-10H2,(H,17,19). The number of morpholine rings is 1. The zero-order chi connectivity index (χ0) is 15.2. The highest BCUT2D eigenvalue weighted by atomic mass is 16.5. The minimum absolute atomic E-state index is 0.0275. The molecular formula is C16H18N2O4. The number of nitrogens with one attached hydrogen (secondary N) is 1. The SMILES string of the molecule is O=C1COC2(CCN(C(=O)c3cccc4c3COC4)C2)CN1. The first-order valence-corrected chi connectivity index (χ1v) is 7.55. The molecule has 0 aromatic heterocycles. The fraction of sp³-hybridized carbons (Fsp3) is 0.500. The van der Waals surface area contributed by atoms with E-state index in [2.05, 4.69) is 5.32 Å². The number of amides is 2. The van der Waals surface area contributed by atoms with Crippen LogP contribution in [0.4, 0.5) is 0 Å². The smallest absolute Gasteiger partial charge is 0.254 e. The van der Waals surface area contributed by atoms with Gasteiger partial charge in [-0.15, -0.1) is 0 Å². The van der Waals surface area contributed by atoms with Crippen LogP contribution in [-0.4, -0.2) is 48.6 Å². The Bertz CT molecular complexity index is 633. The predicted octanol–water partition coefficient (Wildman–Crippen LogP) is 0.448. The molecule has 2 fully saturated rings. The summed E-state index contributed by atoms with van der Waals surface area (Å²) in [6.45, 7) is 2.82. The molecular weight excluding hydrogens is 284 g/mol. The Morgan fingerprint density at radius 1 is 1.27 bits per heavy atom. The third-order valence-electron chi connectivity index (χ3n) is 4.73. The van der Waals surface area contributed by atoms with Gasteiger partial charge in [0.15, 0.2) is 0 Å². The lowest BCUT2D eigenvalue weighted by atomic mass is 10.0. The monoisotopic (exact) mass is 302 g/mol. The summed E-state index contributed by atoms with van der Waals surface area (Å²) in [5.74, 6) is -0.0619. The molecule has 6 nitrogen and oxygen atoms in total. The maximum absolute atomic E-state index is 12.8. The van der Waals surface area contributed by atoms with E-state index in [9.17, 15) is 9.59 Å². The number of likely N-dealkylation sites (tertiary alicyclic amines) is 1. The quantitative estimate of drug-likeness (QED) is 0.818. The Morgan fingerprint density at radius 3 is 3.00 bits per heavy atom. The molecule has 2 amide bonds. The first-order valence-electron chi connectivity index (χ1n) is 7.55. The van der Waals surface area contributed by atoms with Crippen LogP contribution in [0.25, 0.3) is 0 Å². The highest BCUT2D eigenvalue weighted by molar-refractivity contribution is 5.96. The van der Waals surface area contributed by atoms with Gasteiger partial charge in [-0.05, 0) is 23.6 Å². The topological polar surface area (TPSA) is 67.9 Å². The van der Waals surface area contributed by atoms with Crippen molar-refractivity contribution < 1.29 is 19.1 Å². The van der Waals surface area contributed by atoms with E-state index in [-0.39, 0.29) is 18.4 Å². The van der Waals surface area contributed by atoms with Crippen molar-refractivity contribution in [1.29, 1.82) is 0 Å². The van der Waals surface area contributed by atoms with Crippen molar-refractivity contribution in [3.8, 4) is 0 Å². The van der Waals surface area contributed by atoms with Gasteiger partial charge in [-0.3, -0.25) is 9.59 Å². The van der Waals surface area contributed by atoms with Gasteiger partial charge in [0.1, 0.15) is 12.2 Å². The average molecular weight is 302 g/mol. The van der Waals surface area contributed by atoms with Gasteiger partial charge in [0, 0.05) is 18.7 Å². The molecule has 2 saturated heterocycles. The summed E-state index contributed by atoms with van der Waals surface area (Å²) < 4.78 is 11.2. The van der Waals surface area contributed by atoms with E-state index >= 15 is 0 Å². The van der Waals surface area contributed by atoms with Gasteiger partial charge in [-0.2, -0.15) is 0 Å². The summed E-state index contributed by atoms with van der Waals surface area (Å²) in [7, 11) is 0. The van der Waals surface area contributed by atoms with Gasteiger partial charge in [0.25, 0.3) is 5.91 Å². The second-order valence-corrected chi connectivity index (χ2v) is 6.16. The first kappa shape index (κ1) is 13.7. The Kier molecular flexibility index (Phi) is 3.16. The van der Waals surface area contributed by atoms with Crippen molar-refractivity contribution in [1.82, 2.24) is 10.2 Å². The lowest BCUT2D eigenvalue weighted by Crippen LogP contribution is -2.54. The van der Waals surface area contributed by atoms with Crippen LogP contribution in [0.5, 0.6) is 0 Å². The number of carbonyl (C=O) groups is 2. The van der Waals surface area contributed by atoms with Gasteiger partial charge < -0.3 is 19.7 Å². The summed E-state index contributed by atoms with van der Waals surface area (Å²) in [6, 6.07) is 5.78. The molecule has 1 N–H and O–H groups in total. The summed E-state index contributed by atoms with van der Waals surface area (Å²) in [6.07, 6.45) is 0.755. The molecule has 22 heavy (non-hydrogen) atoms. The average Bonchev–Trinajstić information content (AvgIpc) is 3.17. The second-order valence-electron chi connectivity index (χ2n) is 6.16. The highest BCUT2D eigenvalue weighted by Crippen LogP contribution is 2.30. The van der Waals surface area contributed by atoms with Gasteiger partial charge in [-0.25, -0.2) is 0 Å². The van der Waals surface area contributed by atoms with Crippen LogP contribution in [0, 0.1) is 0 Å². The third kappa shape index (κ3) is 2.19. The minimum Gasteiger partial charge on any atom is -0.372 e. The van der Waals surface area contributed by atoms with Crippen LogP contribution in [-0.2, 0) is 27.5 Å². The van der Waals surface area contributed by atoms with E-state index in [0.717, 1.165) is 23.1 Å². The Hall–Kier alpha value is -1.92. The number of hydrogen-bond acceptors (Lipinski definition) is 4. The normalized spacial score (nSPS) is 27.1. The first-order chi connectivity index (χ1) is 10.7. The van der Waals surface area contributed by atoms with Crippen molar-refractivity contribution in [3.63, 3.8) is 0 Å². The maximum Gasteiger partial charge on any atom is 0.254 e. The van der Waals surface area contributed by atoms with Crippen molar-refractivity contribution in [3.05, 3.63) is 34.9 Å². The van der Waals surface area contributed by atoms with Crippen LogP contribution in [0.3, 0.4) is 0 Å². The third-order valence-corrected chi connectivity index (χ3v) is 4.73. The fourth-order valence-corrected chi connectivity index (χ4v) is 3.43. The van der Waals surface area contributed by atoms with Crippen molar-refractivity contribution in [2.24, 2.45) is 0 Å². The van der Waals surface area contributed by atoms with Crippen molar-refractivity contribution in [2.75, 3.05) is 26.2 Å². The van der Waals surface area contributed by atoms with E-state index < -0.39 is 5.60 Å². The van der Waals surface area contributed by atoms with E-state index in [1.807, 2.05) is 23.1 Å². The largest absolute Gasteiger partial charge is 0.372 e. The Balaban J connectivity index is 1.53. The molecule has 0 bridgehead atoms. The van der Waals surface area contributed by atoms with Crippen LogP contribution < -0.4 is 5.32 Å². The van der Waals surface area contributed by atoms with Gasteiger partial charge >= 0.3 is 0 Å². The molecule has 1 aromatic carbocycles. The second kappa shape index (κ2) is 5.07. The van der Waals surface area contributed by atoms with Crippen LogP contribution in [0.15, 0.2) is 18.2 Å². The number of nitrogens with zero attached hydrogens (tertiary/aromatic N) is 1.